The van der Waals surface area contributed by atoms with Crippen molar-refractivity contribution in [1.29, 1.82) is 0 Å². The first-order valence-corrected chi connectivity index (χ1v) is 13.7. The van der Waals surface area contributed by atoms with Crippen LogP contribution in [0.2, 0.25) is 0 Å². The Morgan fingerprint density at radius 2 is 1.88 bits per heavy atom. The van der Waals surface area contributed by atoms with E-state index in [4.69, 9.17) is 4.74 Å². The maximum Gasteiger partial charge on any atom is 0.305 e. The van der Waals surface area contributed by atoms with E-state index in [2.05, 4.69) is 48.9 Å². The van der Waals surface area contributed by atoms with Gasteiger partial charge in [0.15, 0.2) is 0 Å². The lowest BCUT2D eigenvalue weighted by atomic mass is 9.43. The van der Waals surface area contributed by atoms with E-state index in [1.807, 2.05) is 6.20 Å². The number of methoxy groups -OCH3 is 1. The number of fused-ring (bicyclic) bond motifs is 5. The number of nitrogens with zero attached hydrogens (tertiary/aromatic N) is 3. The van der Waals surface area contributed by atoms with Crippen LogP contribution in [0.3, 0.4) is 0 Å². The first-order chi connectivity index (χ1) is 15.8. The van der Waals surface area contributed by atoms with Gasteiger partial charge in [0.2, 0.25) is 0 Å². The summed E-state index contributed by atoms with van der Waals surface area (Å²) in [6.45, 7) is 10.1. The molecule has 184 valence electrons. The molecule has 0 saturated heterocycles. The first kappa shape index (κ1) is 23.4. The zero-order chi connectivity index (χ0) is 23.4. The Hall–Kier alpha value is -1.39. The first-order valence-electron chi connectivity index (χ1n) is 13.7. The number of hydrogen-bond acceptors (Lipinski definition) is 4. The molecule has 33 heavy (non-hydrogen) atoms. The largest absolute Gasteiger partial charge is 0.469 e. The normalized spacial score (nSPS) is 45.5. The Morgan fingerprint density at radius 3 is 2.61 bits per heavy atom. The van der Waals surface area contributed by atoms with Crippen LogP contribution in [0.25, 0.3) is 0 Å². The van der Waals surface area contributed by atoms with Gasteiger partial charge in [0, 0.05) is 12.6 Å². The van der Waals surface area contributed by atoms with Crippen molar-refractivity contribution in [2.75, 3.05) is 7.11 Å². The van der Waals surface area contributed by atoms with Gasteiger partial charge < -0.3 is 4.74 Å². The van der Waals surface area contributed by atoms with Gasteiger partial charge >= 0.3 is 5.97 Å². The molecular formula is C28H45N3O2. The van der Waals surface area contributed by atoms with E-state index in [1.54, 1.807) is 0 Å². The lowest BCUT2D eigenvalue weighted by Crippen LogP contribution is -2.57. The summed E-state index contributed by atoms with van der Waals surface area (Å²) in [6, 6.07) is 0.495. The fraction of sp³-hybridized carbons (Fsp3) is 0.893. The van der Waals surface area contributed by atoms with Crippen molar-refractivity contribution in [3.63, 3.8) is 0 Å². The van der Waals surface area contributed by atoms with Crippen molar-refractivity contribution < 1.29 is 9.53 Å². The molecule has 5 rings (SSSR count). The summed E-state index contributed by atoms with van der Waals surface area (Å²) in [6.07, 6.45) is 16.4. The molecule has 1 aromatic rings. The monoisotopic (exact) mass is 455 g/mol. The second kappa shape index (κ2) is 8.68. The van der Waals surface area contributed by atoms with Crippen LogP contribution in [0, 0.1) is 52.3 Å². The number of carbonyl (C=O) groups is 1. The molecule has 1 aromatic heterocycles. The molecule has 5 nitrogen and oxygen atoms in total. The summed E-state index contributed by atoms with van der Waals surface area (Å²) in [5.41, 5.74) is 0.866. The second-order valence-corrected chi connectivity index (χ2v) is 12.9. The maximum atomic E-state index is 11.8. The van der Waals surface area contributed by atoms with Gasteiger partial charge in [-0.3, -0.25) is 4.79 Å². The molecule has 0 N–H and O–H groups in total. The molecule has 0 aromatic carbocycles. The number of ether oxygens (including phenoxy) is 1. The van der Waals surface area contributed by atoms with Gasteiger partial charge in [-0.25, -0.2) is 4.68 Å². The number of hydrogen-bond donors (Lipinski definition) is 0. The molecule has 4 aliphatic rings. The molecule has 10 atom stereocenters. The SMILES string of the molecule is COC(=O)CC[C@@H](C)[C@H]1CCC2C3C(n4ccnn4)CC4C[C@H](C)CC[C@]4(C)C3CC[C@@]21C. The van der Waals surface area contributed by atoms with E-state index in [9.17, 15) is 4.79 Å². The van der Waals surface area contributed by atoms with E-state index >= 15 is 0 Å². The number of aromatic nitrogens is 3. The molecule has 0 amide bonds. The van der Waals surface area contributed by atoms with Gasteiger partial charge in [0.05, 0.1) is 19.3 Å². The van der Waals surface area contributed by atoms with Crippen LogP contribution in [0.5, 0.6) is 0 Å². The number of rotatable bonds is 5. The van der Waals surface area contributed by atoms with Gasteiger partial charge in [0.1, 0.15) is 0 Å². The minimum atomic E-state index is -0.0609. The van der Waals surface area contributed by atoms with E-state index in [1.165, 1.54) is 58.5 Å². The highest BCUT2D eigenvalue weighted by Gasteiger charge is 2.63. The minimum absolute atomic E-state index is 0.0609. The van der Waals surface area contributed by atoms with Crippen LogP contribution < -0.4 is 0 Å². The van der Waals surface area contributed by atoms with Gasteiger partial charge in [-0.1, -0.05) is 39.3 Å². The van der Waals surface area contributed by atoms with Crippen LogP contribution in [0.15, 0.2) is 12.4 Å². The second-order valence-electron chi connectivity index (χ2n) is 12.9. The highest BCUT2D eigenvalue weighted by molar-refractivity contribution is 5.69. The average molecular weight is 456 g/mol. The fourth-order valence-electron chi connectivity index (χ4n) is 9.74. The molecule has 5 heteroatoms. The lowest BCUT2D eigenvalue weighted by Gasteiger charge is -2.63. The molecule has 0 aliphatic heterocycles. The smallest absolute Gasteiger partial charge is 0.305 e. The summed E-state index contributed by atoms with van der Waals surface area (Å²) in [5.74, 6) is 5.17. The summed E-state index contributed by atoms with van der Waals surface area (Å²) >= 11 is 0. The van der Waals surface area contributed by atoms with Crippen LogP contribution in [0.4, 0.5) is 0 Å². The molecule has 4 aliphatic carbocycles. The van der Waals surface area contributed by atoms with Crippen molar-refractivity contribution >= 4 is 5.97 Å². The molecular weight excluding hydrogens is 410 g/mol. The zero-order valence-electron chi connectivity index (χ0n) is 21.5. The topological polar surface area (TPSA) is 57.0 Å². The minimum Gasteiger partial charge on any atom is -0.469 e. The lowest BCUT2D eigenvalue weighted by molar-refractivity contribution is -0.145. The van der Waals surface area contributed by atoms with Gasteiger partial charge in [-0.15, -0.1) is 5.10 Å². The van der Waals surface area contributed by atoms with Gasteiger partial charge in [-0.2, -0.15) is 0 Å². The highest BCUT2D eigenvalue weighted by Crippen LogP contribution is 2.70. The predicted molar refractivity (Wildman–Crippen MR) is 129 cm³/mol. The highest BCUT2D eigenvalue weighted by atomic mass is 16.5. The third kappa shape index (κ3) is 3.76. The van der Waals surface area contributed by atoms with E-state index in [-0.39, 0.29) is 5.97 Å². The molecule has 5 unspecified atom stereocenters. The molecule has 4 fully saturated rings. The van der Waals surface area contributed by atoms with E-state index < -0.39 is 0 Å². The number of esters is 1. The molecule has 1 heterocycles. The summed E-state index contributed by atoms with van der Waals surface area (Å²) in [7, 11) is 1.51. The third-order valence-electron chi connectivity index (χ3n) is 11.5. The third-order valence-corrected chi connectivity index (χ3v) is 11.5. The quantitative estimate of drug-likeness (QED) is 0.488. The van der Waals surface area contributed by atoms with Crippen molar-refractivity contribution in [2.24, 2.45) is 52.3 Å². The number of carbonyl (C=O) groups excluding carboxylic acids is 1. The van der Waals surface area contributed by atoms with Crippen molar-refractivity contribution in [1.82, 2.24) is 15.0 Å². The molecule has 0 spiro atoms. The van der Waals surface area contributed by atoms with Crippen LogP contribution >= 0.6 is 0 Å². The Kier molecular flexibility index (Phi) is 6.14. The summed E-state index contributed by atoms with van der Waals surface area (Å²) in [5, 5.41) is 8.81. The van der Waals surface area contributed by atoms with Crippen LogP contribution in [-0.4, -0.2) is 28.1 Å². The summed E-state index contributed by atoms with van der Waals surface area (Å²) < 4.78 is 7.18. The molecule has 4 saturated carbocycles. The Labute approximate surface area is 200 Å². The molecule has 0 radical (unpaired) electrons. The Morgan fingerprint density at radius 1 is 1.12 bits per heavy atom. The summed E-state index contributed by atoms with van der Waals surface area (Å²) in [4.78, 5) is 11.8. The van der Waals surface area contributed by atoms with E-state index in [0.29, 0.717) is 41.0 Å². The average Bonchev–Trinajstić information content (AvgIpc) is 3.45. The van der Waals surface area contributed by atoms with Crippen molar-refractivity contribution in [2.45, 2.75) is 97.9 Å². The van der Waals surface area contributed by atoms with Gasteiger partial charge in [0.25, 0.3) is 0 Å². The standard InChI is InChI=1S/C28H45N3O2/c1-18-10-12-27(3)20(16-18)17-24(31-15-14-29-30-31)26-22-8-7-21(19(2)6-9-25(32)33-5)28(22,4)13-11-23(26)27/h14-15,18-24,26H,6-13,16-17H2,1-5H3/t18-,19-,20?,21-,22?,23?,24?,26?,27+,28-/m1/s1. The van der Waals surface area contributed by atoms with Crippen molar-refractivity contribution in [3.05, 3.63) is 12.4 Å². The van der Waals surface area contributed by atoms with Crippen molar-refractivity contribution in [3.8, 4) is 0 Å². The van der Waals surface area contributed by atoms with Crippen LogP contribution in [0.1, 0.15) is 97.9 Å². The molecule has 0 bridgehead atoms. The van der Waals surface area contributed by atoms with Gasteiger partial charge in [-0.05, 0) is 104 Å². The van der Waals surface area contributed by atoms with Crippen LogP contribution in [-0.2, 0) is 9.53 Å². The zero-order valence-corrected chi connectivity index (χ0v) is 21.5. The maximum absolute atomic E-state index is 11.8. The predicted octanol–water partition coefficient (Wildman–Crippen LogP) is 6.31. The van der Waals surface area contributed by atoms with E-state index in [0.717, 1.165) is 30.1 Å². The Bertz CT molecular complexity index is 840. The Balaban J connectivity index is 1.44. The fourth-order valence-corrected chi connectivity index (χ4v) is 9.74.